The van der Waals surface area contributed by atoms with E-state index in [0.717, 1.165) is 5.69 Å². The molecule has 0 saturated heterocycles. The van der Waals surface area contributed by atoms with Gasteiger partial charge in [0.25, 0.3) is 0 Å². The van der Waals surface area contributed by atoms with Crippen LogP contribution in [0.15, 0.2) is 76.9 Å². The quantitative estimate of drug-likeness (QED) is 0.714. The highest BCUT2D eigenvalue weighted by molar-refractivity contribution is 7.91. The van der Waals surface area contributed by atoms with Crippen molar-refractivity contribution >= 4 is 34.7 Å². The van der Waals surface area contributed by atoms with Crippen molar-refractivity contribution in [2.75, 3.05) is 7.05 Å². The standard InChI is InChI=1S/C17H17N3O2S.2ClH/c1-18-12-14-13-20(15-8-4-2-5-9-15)17(19-14)23(21,22)16-10-6-3-7-11-16;;/h2-11,13,18H,12H2,1H3;2*1H. The number of nitrogens with one attached hydrogen (secondary N) is 1. The first-order valence-corrected chi connectivity index (χ1v) is 8.69. The lowest BCUT2D eigenvalue weighted by Gasteiger charge is -2.08. The molecule has 3 rings (SSSR count). The first-order valence-electron chi connectivity index (χ1n) is 7.21. The van der Waals surface area contributed by atoms with Gasteiger partial charge in [0.2, 0.25) is 15.0 Å². The molecule has 0 fully saturated rings. The van der Waals surface area contributed by atoms with E-state index < -0.39 is 9.84 Å². The summed E-state index contributed by atoms with van der Waals surface area (Å²) in [5.41, 5.74) is 1.43. The number of hydrogen-bond donors (Lipinski definition) is 1. The Labute approximate surface area is 159 Å². The Morgan fingerprint density at radius 2 is 1.52 bits per heavy atom. The molecular weight excluding hydrogens is 381 g/mol. The lowest BCUT2D eigenvalue weighted by Crippen LogP contribution is -2.10. The van der Waals surface area contributed by atoms with Crippen LogP contribution in [0.5, 0.6) is 0 Å². The van der Waals surface area contributed by atoms with Gasteiger partial charge in [0.15, 0.2) is 0 Å². The third-order valence-corrected chi connectivity index (χ3v) is 5.07. The number of sulfone groups is 1. The van der Waals surface area contributed by atoms with Gasteiger partial charge in [-0.3, -0.25) is 4.57 Å². The lowest BCUT2D eigenvalue weighted by molar-refractivity contribution is 0.583. The molecule has 0 bridgehead atoms. The van der Waals surface area contributed by atoms with Crippen molar-refractivity contribution in [2.24, 2.45) is 0 Å². The van der Waals surface area contributed by atoms with E-state index in [0.29, 0.717) is 12.2 Å². The number of hydrogen-bond acceptors (Lipinski definition) is 4. The van der Waals surface area contributed by atoms with Crippen molar-refractivity contribution in [1.29, 1.82) is 0 Å². The van der Waals surface area contributed by atoms with Crippen LogP contribution in [0.2, 0.25) is 0 Å². The molecule has 5 nitrogen and oxygen atoms in total. The minimum Gasteiger partial charge on any atom is -0.314 e. The van der Waals surface area contributed by atoms with Gasteiger partial charge < -0.3 is 5.32 Å². The van der Waals surface area contributed by atoms with Crippen LogP contribution < -0.4 is 5.32 Å². The van der Waals surface area contributed by atoms with Crippen LogP contribution in [-0.4, -0.2) is 25.0 Å². The Morgan fingerprint density at radius 1 is 0.960 bits per heavy atom. The summed E-state index contributed by atoms with van der Waals surface area (Å²) in [6.07, 6.45) is 1.75. The third-order valence-electron chi connectivity index (χ3n) is 3.41. The maximum absolute atomic E-state index is 12.9. The second-order valence-electron chi connectivity index (χ2n) is 5.07. The molecule has 25 heavy (non-hydrogen) atoms. The van der Waals surface area contributed by atoms with Crippen LogP contribution in [0.4, 0.5) is 0 Å². The van der Waals surface area contributed by atoms with E-state index in [2.05, 4.69) is 10.3 Å². The molecule has 0 aliphatic heterocycles. The van der Waals surface area contributed by atoms with Crippen molar-refractivity contribution in [1.82, 2.24) is 14.9 Å². The Kier molecular flexibility index (Phi) is 7.63. The largest absolute Gasteiger partial charge is 0.314 e. The van der Waals surface area contributed by atoms with Crippen molar-refractivity contribution < 1.29 is 8.42 Å². The summed E-state index contributed by atoms with van der Waals surface area (Å²) in [5, 5.41) is 3.02. The van der Waals surface area contributed by atoms with E-state index in [1.54, 1.807) is 48.1 Å². The van der Waals surface area contributed by atoms with Crippen LogP contribution in [-0.2, 0) is 16.4 Å². The first kappa shape index (κ1) is 21.2. The van der Waals surface area contributed by atoms with E-state index in [9.17, 15) is 8.42 Å². The number of aromatic nitrogens is 2. The van der Waals surface area contributed by atoms with Crippen molar-refractivity contribution in [3.8, 4) is 5.69 Å². The fourth-order valence-electron chi connectivity index (χ4n) is 2.34. The molecule has 1 heterocycles. The van der Waals surface area contributed by atoms with E-state index >= 15 is 0 Å². The van der Waals surface area contributed by atoms with Gasteiger partial charge in [0, 0.05) is 18.4 Å². The van der Waals surface area contributed by atoms with E-state index in [-0.39, 0.29) is 34.9 Å². The Bertz CT molecular complexity index is 898. The minimum atomic E-state index is -3.69. The molecule has 8 heteroatoms. The molecule has 0 aliphatic rings. The predicted molar refractivity (Wildman–Crippen MR) is 103 cm³/mol. The van der Waals surface area contributed by atoms with Crippen LogP contribution in [0.1, 0.15) is 5.69 Å². The average Bonchev–Trinajstić information content (AvgIpc) is 3.02. The minimum absolute atomic E-state index is 0. The van der Waals surface area contributed by atoms with Crippen molar-refractivity contribution in [3.05, 3.63) is 72.6 Å². The number of rotatable bonds is 5. The van der Waals surface area contributed by atoms with Gasteiger partial charge in [0.05, 0.1) is 10.6 Å². The highest BCUT2D eigenvalue weighted by Gasteiger charge is 2.25. The summed E-state index contributed by atoms with van der Waals surface area (Å²) >= 11 is 0. The zero-order valence-electron chi connectivity index (χ0n) is 13.5. The molecule has 3 aromatic rings. The summed E-state index contributed by atoms with van der Waals surface area (Å²) in [6, 6.07) is 17.7. The molecule has 0 unspecified atom stereocenters. The Balaban J connectivity index is 0.00000156. The summed E-state index contributed by atoms with van der Waals surface area (Å²) in [4.78, 5) is 4.57. The number of para-hydroxylation sites is 1. The molecule has 1 N–H and O–H groups in total. The van der Waals surface area contributed by atoms with Crippen LogP contribution in [0, 0.1) is 0 Å². The maximum atomic E-state index is 12.9. The molecule has 1 aromatic heterocycles. The number of halogens is 2. The predicted octanol–water partition coefficient (Wildman–Crippen LogP) is 3.27. The summed E-state index contributed by atoms with van der Waals surface area (Å²) in [5.74, 6) is 0. The van der Waals surface area contributed by atoms with Crippen molar-refractivity contribution in [3.63, 3.8) is 0 Å². The smallest absolute Gasteiger partial charge is 0.240 e. The normalized spacial score (nSPS) is 10.6. The number of benzene rings is 2. The summed E-state index contributed by atoms with van der Waals surface area (Å²) in [7, 11) is -1.89. The van der Waals surface area contributed by atoms with Gasteiger partial charge in [-0.2, -0.15) is 0 Å². The molecule has 0 amide bonds. The molecule has 0 saturated carbocycles. The fourth-order valence-corrected chi connectivity index (χ4v) is 3.73. The van der Waals surface area contributed by atoms with E-state index in [1.807, 2.05) is 30.3 Å². The maximum Gasteiger partial charge on any atom is 0.240 e. The van der Waals surface area contributed by atoms with Gasteiger partial charge in [-0.05, 0) is 31.3 Å². The topological polar surface area (TPSA) is 64.0 Å². The highest BCUT2D eigenvalue weighted by Crippen LogP contribution is 2.23. The van der Waals surface area contributed by atoms with Crippen LogP contribution in [0.25, 0.3) is 5.69 Å². The van der Waals surface area contributed by atoms with Crippen LogP contribution in [0.3, 0.4) is 0 Å². The molecule has 0 aliphatic carbocycles. The van der Waals surface area contributed by atoms with Gasteiger partial charge in [-0.25, -0.2) is 13.4 Å². The zero-order chi connectivity index (χ0) is 16.3. The van der Waals surface area contributed by atoms with E-state index in [4.69, 9.17) is 0 Å². The van der Waals surface area contributed by atoms with Crippen LogP contribution >= 0.6 is 24.8 Å². The molecule has 0 radical (unpaired) electrons. The Hall–Kier alpha value is -1.86. The summed E-state index contributed by atoms with van der Waals surface area (Å²) in [6.45, 7) is 0.497. The summed E-state index contributed by atoms with van der Waals surface area (Å²) < 4.78 is 27.5. The number of imidazole rings is 1. The molecule has 0 spiro atoms. The highest BCUT2D eigenvalue weighted by atomic mass is 35.5. The molecule has 134 valence electrons. The second-order valence-corrected chi connectivity index (χ2v) is 6.91. The number of nitrogens with zero attached hydrogens (tertiary/aromatic N) is 2. The van der Waals surface area contributed by atoms with Gasteiger partial charge in [0.1, 0.15) is 0 Å². The van der Waals surface area contributed by atoms with Gasteiger partial charge in [-0.15, -0.1) is 24.8 Å². The Morgan fingerprint density at radius 3 is 2.08 bits per heavy atom. The lowest BCUT2D eigenvalue weighted by atomic mass is 10.3. The van der Waals surface area contributed by atoms with Crippen molar-refractivity contribution in [2.45, 2.75) is 16.6 Å². The third kappa shape index (κ3) is 4.41. The monoisotopic (exact) mass is 399 g/mol. The van der Waals surface area contributed by atoms with Gasteiger partial charge in [-0.1, -0.05) is 36.4 Å². The van der Waals surface area contributed by atoms with E-state index in [1.165, 1.54) is 0 Å². The zero-order valence-corrected chi connectivity index (χ0v) is 15.9. The second kappa shape index (κ2) is 9.01. The SMILES string of the molecule is CNCc1cn(-c2ccccc2)c(S(=O)(=O)c2ccccc2)n1.Cl.Cl. The first-order chi connectivity index (χ1) is 11.1. The fraction of sp³-hybridized carbons (Fsp3) is 0.118. The average molecular weight is 400 g/mol. The van der Waals surface area contributed by atoms with Gasteiger partial charge >= 0.3 is 0 Å². The molecule has 2 aromatic carbocycles. The molecule has 0 atom stereocenters. The molecular formula is C17H19Cl2N3O2S.